The molecule has 0 saturated heterocycles. The van der Waals surface area contributed by atoms with Crippen LogP contribution in [0, 0.1) is 0 Å². The van der Waals surface area contributed by atoms with E-state index in [4.69, 9.17) is 14.2 Å². The Morgan fingerprint density at radius 1 is 0.939 bits per heavy atom. The van der Waals surface area contributed by atoms with E-state index in [1.165, 1.54) is 0 Å². The molecule has 33 heavy (non-hydrogen) atoms. The molecular formula is C26H32N2O5. The van der Waals surface area contributed by atoms with E-state index in [-0.39, 0.29) is 24.1 Å². The highest BCUT2D eigenvalue weighted by molar-refractivity contribution is 5.96. The predicted octanol–water partition coefficient (Wildman–Crippen LogP) is 4.78. The molecule has 1 N–H and O–H groups in total. The molecule has 176 valence electrons. The van der Waals surface area contributed by atoms with E-state index in [1.54, 1.807) is 17.0 Å². The van der Waals surface area contributed by atoms with Crippen molar-refractivity contribution in [2.45, 2.75) is 47.2 Å². The molecule has 1 amide bonds. The molecule has 1 heterocycles. The summed E-state index contributed by atoms with van der Waals surface area (Å²) in [6.45, 7) is 10.9. The van der Waals surface area contributed by atoms with Gasteiger partial charge in [0.1, 0.15) is 0 Å². The lowest BCUT2D eigenvalue weighted by Gasteiger charge is -2.27. The monoisotopic (exact) mass is 452 g/mol. The number of hydrogen-bond donors (Lipinski definition) is 1. The third-order valence-electron chi connectivity index (χ3n) is 5.21. The molecule has 0 radical (unpaired) electrons. The number of carbonyl (C=O) groups is 1. The first-order valence-corrected chi connectivity index (χ1v) is 11.4. The standard InChI is InChI=1S/C26H32N2O5/c1-6-31-22-14-19(15-23(32-7-2)24(22)33-8-3)26(30)28(17(4)5)16-20-13-18-11-9-10-12-21(18)27-25(20)29/h9-15,17H,6-8,16H2,1-5H3,(H,27,29). The molecule has 0 atom stereocenters. The fraction of sp³-hybridized carbons (Fsp3) is 0.385. The van der Waals surface area contributed by atoms with E-state index in [2.05, 4.69) is 4.98 Å². The first-order chi connectivity index (χ1) is 15.9. The molecule has 7 nitrogen and oxygen atoms in total. The van der Waals surface area contributed by atoms with E-state index in [0.717, 1.165) is 10.9 Å². The first kappa shape index (κ1) is 24.2. The molecule has 0 aliphatic heterocycles. The topological polar surface area (TPSA) is 80.9 Å². The second kappa shape index (κ2) is 10.9. The quantitative estimate of drug-likeness (QED) is 0.479. The smallest absolute Gasteiger partial charge is 0.254 e. The van der Waals surface area contributed by atoms with E-state index >= 15 is 0 Å². The Kier molecular flexibility index (Phi) is 7.98. The van der Waals surface area contributed by atoms with Crippen LogP contribution < -0.4 is 19.8 Å². The summed E-state index contributed by atoms with van der Waals surface area (Å²) < 4.78 is 17.3. The maximum atomic E-state index is 13.6. The van der Waals surface area contributed by atoms with Crippen molar-refractivity contribution in [1.82, 2.24) is 9.88 Å². The van der Waals surface area contributed by atoms with Gasteiger partial charge in [-0.15, -0.1) is 0 Å². The van der Waals surface area contributed by atoms with Crippen LogP contribution in [0.2, 0.25) is 0 Å². The van der Waals surface area contributed by atoms with Crippen molar-refractivity contribution < 1.29 is 19.0 Å². The molecule has 0 aliphatic carbocycles. The Hall–Kier alpha value is -3.48. The van der Waals surface area contributed by atoms with E-state index in [0.29, 0.717) is 48.2 Å². The van der Waals surface area contributed by atoms with E-state index in [1.807, 2.05) is 65.0 Å². The molecule has 7 heteroatoms. The van der Waals surface area contributed by atoms with E-state index in [9.17, 15) is 9.59 Å². The zero-order valence-electron chi connectivity index (χ0n) is 19.9. The Morgan fingerprint density at radius 3 is 2.12 bits per heavy atom. The summed E-state index contributed by atoms with van der Waals surface area (Å²) in [5.74, 6) is 1.18. The number of aromatic nitrogens is 1. The molecule has 3 rings (SSSR count). The number of nitrogens with one attached hydrogen (secondary N) is 1. The van der Waals surface area contributed by atoms with E-state index < -0.39 is 0 Å². The summed E-state index contributed by atoms with van der Waals surface area (Å²) in [7, 11) is 0. The summed E-state index contributed by atoms with van der Waals surface area (Å²) in [4.78, 5) is 30.9. The van der Waals surface area contributed by atoms with Gasteiger partial charge in [-0.3, -0.25) is 9.59 Å². The first-order valence-electron chi connectivity index (χ1n) is 11.4. The van der Waals surface area contributed by atoms with Crippen molar-refractivity contribution in [2.24, 2.45) is 0 Å². The lowest BCUT2D eigenvalue weighted by molar-refractivity contribution is 0.0688. The van der Waals surface area contributed by atoms with Gasteiger partial charge in [-0.1, -0.05) is 18.2 Å². The van der Waals surface area contributed by atoms with Crippen LogP contribution in [-0.2, 0) is 6.54 Å². The largest absolute Gasteiger partial charge is 0.490 e. The molecule has 3 aromatic rings. The van der Waals surface area contributed by atoms with Gasteiger partial charge in [0.05, 0.1) is 26.4 Å². The van der Waals surface area contributed by atoms with Crippen LogP contribution in [0.3, 0.4) is 0 Å². The number of carbonyl (C=O) groups excluding carboxylic acids is 1. The highest BCUT2D eigenvalue weighted by atomic mass is 16.5. The highest BCUT2D eigenvalue weighted by Gasteiger charge is 2.24. The number of amides is 1. The minimum absolute atomic E-state index is 0.138. The fourth-order valence-electron chi connectivity index (χ4n) is 3.66. The summed E-state index contributed by atoms with van der Waals surface area (Å²) in [6, 6.07) is 12.6. The number of fused-ring (bicyclic) bond motifs is 1. The van der Waals surface area contributed by atoms with Crippen molar-refractivity contribution in [1.29, 1.82) is 0 Å². The number of hydrogen-bond acceptors (Lipinski definition) is 5. The Bertz CT molecular complexity index is 1140. The lowest BCUT2D eigenvalue weighted by Crippen LogP contribution is -2.38. The molecule has 0 unspecified atom stereocenters. The van der Waals surface area contributed by atoms with Crippen LogP contribution in [0.5, 0.6) is 17.2 Å². The van der Waals surface area contributed by atoms with Crippen molar-refractivity contribution >= 4 is 16.8 Å². The zero-order chi connectivity index (χ0) is 24.0. The molecule has 2 aromatic carbocycles. The Balaban J connectivity index is 2.01. The predicted molar refractivity (Wildman–Crippen MR) is 130 cm³/mol. The summed E-state index contributed by atoms with van der Waals surface area (Å²) in [6.07, 6.45) is 0. The van der Waals surface area contributed by atoms with Gasteiger partial charge in [-0.25, -0.2) is 0 Å². The van der Waals surface area contributed by atoms with Gasteiger partial charge >= 0.3 is 0 Å². The third kappa shape index (κ3) is 5.48. The van der Waals surface area contributed by atoms with Crippen LogP contribution in [0.25, 0.3) is 10.9 Å². The summed E-state index contributed by atoms with van der Waals surface area (Å²) in [5.41, 5.74) is 1.50. The van der Waals surface area contributed by atoms with Crippen LogP contribution in [0.1, 0.15) is 50.5 Å². The van der Waals surface area contributed by atoms with Crippen molar-refractivity contribution in [3.63, 3.8) is 0 Å². The average molecular weight is 453 g/mol. The van der Waals surface area contributed by atoms with Gasteiger partial charge < -0.3 is 24.1 Å². The molecule has 0 saturated carbocycles. The molecule has 0 aliphatic rings. The number of ether oxygens (including phenoxy) is 3. The fourth-order valence-corrected chi connectivity index (χ4v) is 3.66. The van der Waals surface area contributed by atoms with Crippen LogP contribution in [-0.4, -0.2) is 41.7 Å². The molecule has 0 spiro atoms. The molecular weight excluding hydrogens is 420 g/mol. The second-order valence-electron chi connectivity index (χ2n) is 7.84. The van der Waals surface area contributed by atoms with Crippen LogP contribution in [0.4, 0.5) is 0 Å². The number of aromatic amines is 1. The second-order valence-corrected chi connectivity index (χ2v) is 7.84. The number of H-pyrrole nitrogens is 1. The van der Waals surface area contributed by atoms with Crippen LogP contribution in [0.15, 0.2) is 47.3 Å². The van der Waals surface area contributed by atoms with Gasteiger partial charge in [0, 0.05) is 22.7 Å². The van der Waals surface area contributed by atoms with Crippen molar-refractivity contribution in [3.05, 3.63) is 63.9 Å². The number of para-hydroxylation sites is 1. The van der Waals surface area contributed by atoms with Gasteiger partial charge in [0.2, 0.25) is 5.75 Å². The summed E-state index contributed by atoms with van der Waals surface area (Å²) >= 11 is 0. The van der Waals surface area contributed by atoms with Gasteiger partial charge in [0.15, 0.2) is 11.5 Å². The Morgan fingerprint density at radius 2 is 1.55 bits per heavy atom. The number of nitrogens with zero attached hydrogens (tertiary/aromatic N) is 1. The Labute approximate surface area is 194 Å². The normalized spacial score (nSPS) is 11.0. The van der Waals surface area contributed by atoms with Crippen molar-refractivity contribution in [3.8, 4) is 17.2 Å². The maximum Gasteiger partial charge on any atom is 0.254 e. The SMILES string of the molecule is CCOc1cc(C(=O)N(Cc2cc3ccccc3[nH]c2=O)C(C)C)cc(OCC)c1OCC. The number of benzene rings is 2. The van der Waals surface area contributed by atoms with Crippen LogP contribution >= 0.6 is 0 Å². The van der Waals surface area contributed by atoms with Gasteiger partial charge in [-0.2, -0.15) is 0 Å². The third-order valence-corrected chi connectivity index (χ3v) is 5.21. The zero-order valence-corrected chi connectivity index (χ0v) is 19.9. The highest BCUT2D eigenvalue weighted by Crippen LogP contribution is 2.39. The van der Waals surface area contributed by atoms with Crippen molar-refractivity contribution in [2.75, 3.05) is 19.8 Å². The molecule has 0 bridgehead atoms. The van der Waals surface area contributed by atoms with Gasteiger partial charge in [0.25, 0.3) is 11.5 Å². The molecule has 0 fully saturated rings. The number of pyridine rings is 1. The minimum Gasteiger partial charge on any atom is -0.490 e. The summed E-state index contributed by atoms with van der Waals surface area (Å²) in [5, 5.41) is 0.918. The van der Waals surface area contributed by atoms with Gasteiger partial charge in [-0.05, 0) is 64.3 Å². The average Bonchev–Trinajstić information content (AvgIpc) is 2.79. The minimum atomic E-state index is -0.220. The maximum absolute atomic E-state index is 13.6. The molecule has 1 aromatic heterocycles. The number of rotatable bonds is 10. The lowest BCUT2D eigenvalue weighted by atomic mass is 10.1.